The minimum Gasteiger partial charge on any atom is -0.326 e. The first-order valence-corrected chi connectivity index (χ1v) is 8.51. The first kappa shape index (κ1) is 16.2. The maximum absolute atomic E-state index is 12.4. The van der Waals surface area contributed by atoms with Gasteiger partial charge in [0.1, 0.15) is 5.54 Å². The van der Waals surface area contributed by atoms with Crippen LogP contribution in [-0.4, -0.2) is 29.1 Å². The zero-order chi connectivity index (χ0) is 15.3. The monoisotopic (exact) mass is 322 g/mol. The van der Waals surface area contributed by atoms with Crippen LogP contribution in [0.1, 0.15) is 32.1 Å². The molecule has 0 aromatic heterocycles. The lowest BCUT2D eigenvalue weighted by atomic mass is 9.81. The van der Waals surface area contributed by atoms with Crippen molar-refractivity contribution in [3.8, 4) is 6.07 Å². The van der Waals surface area contributed by atoms with Gasteiger partial charge in [-0.05, 0) is 25.0 Å². The average molecular weight is 323 g/mol. The molecule has 1 fully saturated rings. The van der Waals surface area contributed by atoms with Crippen LogP contribution in [0.2, 0.25) is 5.02 Å². The molecule has 1 aromatic rings. The zero-order valence-electron chi connectivity index (χ0n) is 12.1. The Morgan fingerprint density at radius 2 is 2.05 bits per heavy atom. The van der Waals surface area contributed by atoms with E-state index in [0.29, 0.717) is 10.8 Å². The molecule has 1 aromatic carbocycles. The van der Waals surface area contributed by atoms with Gasteiger partial charge in [0.15, 0.2) is 0 Å². The van der Waals surface area contributed by atoms with E-state index >= 15 is 0 Å². The number of benzene rings is 1. The Bertz CT molecular complexity index is 549. The van der Waals surface area contributed by atoms with Crippen molar-refractivity contribution in [1.82, 2.24) is 4.90 Å². The van der Waals surface area contributed by atoms with Gasteiger partial charge in [-0.2, -0.15) is 5.26 Å². The number of carbonyl (C=O) groups excluding carboxylic acids is 1. The molecule has 1 amide bonds. The number of nitriles is 1. The van der Waals surface area contributed by atoms with E-state index in [-0.39, 0.29) is 5.91 Å². The number of hydrogen-bond acceptors (Lipinski definition) is 3. The number of nitrogens with zero attached hydrogens (tertiary/aromatic N) is 2. The minimum absolute atomic E-state index is 0.0108. The Hall–Kier alpha value is -1.18. The van der Waals surface area contributed by atoms with Crippen LogP contribution in [0.15, 0.2) is 29.2 Å². The second kappa shape index (κ2) is 7.20. The fraction of sp³-hybridized carbons (Fsp3) is 0.500. The van der Waals surface area contributed by atoms with Gasteiger partial charge < -0.3 is 4.90 Å². The Balaban J connectivity index is 1.99. The summed E-state index contributed by atoms with van der Waals surface area (Å²) in [4.78, 5) is 14.9. The molecule has 0 bridgehead atoms. The quantitative estimate of drug-likeness (QED) is 0.783. The largest absolute Gasteiger partial charge is 0.326 e. The molecule has 1 saturated carbocycles. The van der Waals surface area contributed by atoms with Crippen LogP contribution in [0.5, 0.6) is 0 Å². The molecule has 0 spiro atoms. The minimum atomic E-state index is -0.615. The van der Waals surface area contributed by atoms with Gasteiger partial charge in [-0.15, -0.1) is 11.8 Å². The SMILES string of the molecule is CN(C(=O)CSc1ccccc1Cl)C1(C#N)CCCCC1. The summed E-state index contributed by atoms with van der Waals surface area (Å²) in [6.45, 7) is 0. The van der Waals surface area contributed by atoms with Crippen molar-refractivity contribution in [2.75, 3.05) is 12.8 Å². The van der Waals surface area contributed by atoms with Gasteiger partial charge in [0.25, 0.3) is 0 Å². The smallest absolute Gasteiger partial charge is 0.233 e. The summed E-state index contributed by atoms with van der Waals surface area (Å²) in [6.07, 6.45) is 4.75. The van der Waals surface area contributed by atoms with Gasteiger partial charge in [-0.1, -0.05) is 43.0 Å². The molecule has 0 aliphatic heterocycles. The van der Waals surface area contributed by atoms with Crippen LogP contribution in [0.4, 0.5) is 0 Å². The van der Waals surface area contributed by atoms with Crippen molar-refractivity contribution < 1.29 is 4.79 Å². The van der Waals surface area contributed by atoms with Crippen molar-refractivity contribution in [2.45, 2.75) is 42.5 Å². The van der Waals surface area contributed by atoms with Crippen LogP contribution in [-0.2, 0) is 4.79 Å². The van der Waals surface area contributed by atoms with Crippen LogP contribution < -0.4 is 0 Å². The zero-order valence-corrected chi connectivity index (χ0v) is 13.7. The number of amides is 1. The lowest BCUT2D eigenvalue weighted by Gasteiger charge is -2.39. The summed E-state index contributed by atoms with van der Waals surface area (Å²) in [5, 5.41) is 10.2. The summed E-state index contributed by atoms with van der Waals surface area (Å²) in [6, 6.07) is 9.87. The topological polar surface area (TPSA) is 44.1 Å². The second-order valence-corrected chi connectivity index (χ2v) is 6.80. The predicted octanol–water partition coefficient (Wildman–Crippen LogP) is 4.12. The third kappa shape index (κ3) is 3.72. The van der Waals surface area contributed by atoms with Gasteiger partial charge in [0.05, 0.1) is 16.8 Å². The Morgan fingerprint density at radius 3 is 2.67 bits per heavy atom. The summed E-state index contributed by atoms with van der Waals surface area (Å²) < 4.78 is 0. The van der Waals surface area contributed by atoms with E-state index in [1.165, 1.54) is 11.8 Å². The van der Waals surface area contributed by atoms with E-state index < -0.39 is 5.54 Å². The van der Waals surface area contributed by atoms with Crippen LogP contribution >= 0.6 is 23.4 Å². The first-order valence-electron chi connectivity index (χ1n) is 7.14. The summed E-state index contributed by atoms with van der Waals surface area (Å²) in [5.74, 6) is 0.298. The number of thioether (sulfide) groups is 1. The summed E-state index contributed by atoms with van der Waals surface area (Å²) in [7, 11) is 1.75. The fourth-order valence-corrected chi connectivity index (χ4v) is 3.85. The molecular formula is C16H19ClN2OS. The molecule has 2 rings (SSSR count). The van der Waals surface area contributed by atoms with Crippen molar-refractivity contribution in [1.29, 1.82) is 5.26 Å². The van der Waals surface area contributed by atoms with Crippen LogP contribution in [0.3, 0.4) is 0 Å². The molecule has 5 heteroatoms. The van der Waals surface area contributed by atoms with Crippen molar-refractivity contribution in [3.63, 3.8) is 0 Å². The van der Waals surface area contributed by atoms with Gasteiger partial charge in [-0.25, -0.2) is 0 Å². The molecule has 0 atom stereocenters. The number of carbonyl (C=O) groups is 1. The van der Waals surface area contributed by atoms with E-state index in [2.05, 4.69) is 6.07 Å². The van der Waals surface area contributed by atoms with Crippen molar-refractivity contribution >= 4 is 29.3 Å². The lowest BCUT2D eigenvalue weighted by Crippen LogP contribution is -2.50. The molecule has 0 N–H and O–H groups in total. The maximum atomic E-state index is 12.4. The highest BCUT2D eigenvalue weighted by atomic mass is 35.5. The van der Waals surface area contributed by atoms with E-state index in [1.54, 1.807) is 11.9 Å². The maximum Gasteiger partial charge on any atom is 0.233 e. The predicted molar refractivity (Wildman–Crippen MR) is 86.4 cm³/mol. The van der Waals surface area contributed by atoms with E-state index in [9.17, 15) is 10.1 Å². The lowest BCUT2D eigenvalue weighted by molar-refractivity contribution is -0.131. The van der Waals surface area contributed by atoms with Gasteiger partial charge in [-0.3, -0.25) is 4.79 Å². The summed E-state index contributed by atoms with van der Waals surface area (Å²) >= 11 is 7.52. The number of rotatable bonds is 4. The molecule has 0 heterocycles. The highest BCUT2D eigenvalue weighted by Gasteiger charge is 2.38. The van der Waals surface area contributed by atoms with E-state index in [4.69, 9.17) is 11.6 Å². The summed E-state index contributed by atoms with van der Waals surface area (Å²) in [5.41, 5.74) is -0.615. The van der Waals surface area contributed by atoms with E-state index in [1.807, 2.05) is 24.3 Å². The molecule has 1 aliphatic carbocycles. The molecule has 0 saturated heterocycles. The molecule has 0 radical (unpaired) electrons. The van der Waals surface area contributed by atoms with Gasteiger partial charge in [0.2, 0.25) is 5.91 Å². The highest BCUT2D eigenvalue weighted by molar-refractivity contribution is 8.00. The molecule has 112 valence electrons. The molecule has 0 unspecified atom stereocenters. The number of halogens is 1. The second-order valence-electron chi connectivity index (χ2n) is 5.38. The van der Waals surface area contributed by atoms with Crippen LogP contribution in [0, 0.1) is 11.3 Å². The first-order chi connectivity index (χ1) is 10.1. The molecule has 21 heavy (non-hydrogen) atoms. The van der Waals surface area contributed by atoms with Crippen LogP contribution in [0.25, 0.3) is 0 Å². The molecular weight excluding hydrogens is 304 g/mol. The van der Waals surface area contributed by atoms with Gasteiger partial charge >= 0.3 is 0 Å². The average Bonchev–Trinajstić information content (AvgIpc) is 2.53. The van der Waals surface area contributed by atoms with E-state index in [0.717, 1.165) is 37.0 Å². The Morgan fingerprint density at radius 1 is 1.38 bits per heavy atom. The molecule has 1 aliphatic rings. The Kier molecular flexibility index (Phi) is 5.55. The normalized spacial score (nSPS) is 17.0. The third-order valence-electron chi connectivity index (χ3n) is 4.09. The Labute approximate surface area is 135 Å². The fourth-order valence-electron chi connectivity index (χ4n) is 2.70. The standard InChI is InChI=1S/C16H19ClN2OS/c1-19(16(12-18)9-5-2-6-10-16)15(20)11-21-14-8-4-3-7-13(14)17/h3-4,7-8H,2,5-6,9-11H2,1H3. The number of hydrogen-bond donors (Lipinski definition) is 0. The third-order valence-corrected chi connectivity index (χ3v) is 5.59. The highest BCUT2D eigenvalue weighted by Crippen LogP contribution is 2.33. The molecule has 3 nitrogen and oxygen atoms in total. The van der Waals surface area contributed by atoms with Crippen molar-refractivity contribution in [2.24, 2.45) is 0 Å². The van der Waals surface area contributed by atoms with Gasteiger partial charge in [0, 0.05) is 11.9 Å². The van der Waals surface area contributed by atoms with Crippen molar-refractivity contribution in [3.05, 3.63) is 29.3 Å².